The van der Waals surface area contributed by atoms with Crippen molar-refractivity contribution in [3.05, 3.63) is 53.3 Å². The predicted molar refractivity (Wildman–Crippen MR) is 87.1 cm³/mol. The number of methoxy groups -OCH3 is 1. The Hall–Kier alpha value is -1.71. The highest BCUT2D eigenvalue weighted by molar-refractivity contribution is 6.31. The van der Waals surface area contributed by atoms with Crippen molar-refractivity contribution in [1.82, 2.24) is 9.55 Å². The fourth-order valence-corrected chi connectivity index (χ4v) is 2.73. The molecule has 2 aromatic carbocycles. The number of rotatable bonds is 4. The second kappa shape index (κ2) is 5.96. The van der Waals surface area contributed by atoms with E-state index >= 15 is 0 Å². The minimum Gasteiger partial charge on any atom is -0.497 e. The van der Waals surface area contributed by atoms with Gasteiger partial charge in [0.2, 0.25) is 0 Å². The Balaban J connectivity index is 2.25. The minimum absolute atomic E-state index is 0.515. The molecule has 0 aliphatic rings. The highest BCUT2D eigenvalue weighted by Crippen LogP contribution is 2.26. The second-order valence-corrected chi connectivity index (χ2v) is 5.45. The van der Waals surface area contributed by atoms with Crippen molar-refractivity contribution < 1.29 is 4.74 Å². The Morgan fingerprint density at radius 3 is 2.81 bits per heavy atom. The fourth-order valence-electron chi connectivity index (χ4n) is 2.39. The molecule has 0 atom stereocenters. The third-order valence-corrected chi connectivity index (χ3v) is 3.74. The van der Waals surface area contributed by atoms with Gasteiger partial charge in [-0.3, -0.25) is 4.57 Å². The van der Waals surface area contributed by atoms with Gasteiger partial charge in [0.05, 0.1) is 23.8 Å². The number of hydrogen-bond donors (Lipinski definition) is 0. The van der Waals surface area contributed by atoms with Gasteiger partial charge >= 0.3 is 0 Å². The van der Waals surface area contributed by atoms with E-state index in [0.29, 0.717) is 17.3 Å². The summed E-state index contributed by atoms with van der Waals surface area (Å²) in [5, 5.41) is 0.676. The number of aryl methyl sites for hydroxylation is 1. The summed E-state index contributed by atoms with van der Waals surface area (Å²) in [6.07, 6.45) is 0.686. The molecule has 0 N–H and O–H groups in total. The Morgan fingerprint density at radius 1 is 1.19 bits per heavy atom. The first kappa shape index (κ1) is 14.2. The zero-order valence-corrected chi connectivity index (χ0v) is 13.0. The van der Waals surface area contributed by atoms with Crippen LogP contribution < -0.4 is 4.74 Å². The van der Waals surface area contributed by atoms with Crippen LogP contribution in [0.4, 0.5) is 0 Å². The molecule has 3 nitrogen and oxygen atoms in total. The van der Waals surface area contributed by atoms with E-state index in [-0.39, 0.29) is 0 Å². The molecule has 0 unspecified atom stereocenters. The van der Waals surface area contributed by atoms with Gasteiger partial charge in [0.15, 0.2) is 0 Å². The maximum absolute atomic E-state index is 6.06. The van der Waals surface area contributed by atoms with Gasteiger partial charge in [-0.1, -0.05) is 17.7 Å². The van der Waals surface area contributed by atoms with Gasteiger partial charge in [0.25, 0.3) is 0 Å². The lowest BCUT2D eigenvalue weighted by Crippen LogP contribution is -2.02. The summed E-state index contributed by atoms with van der Waals surface area (Å²) in [5.41, 5.74) is 2.87. The molecule has 3 aromatic rings. The van der Waals surface area contributed by atoms with E-state index in [4.69, 9.17) is 27.9 Å². The summed E-state index contributed by atoms with van der Waals surface area (Å²) in [4.78, 5) is 4.65. The molecular formula is C16H14Cl2N2O. The number of alkyl halides is 1. The maximum Gasteiger partial charge on any atom is 0.120 e. The van der Waals surface area contributed by atoms with Crippen LogP contribution in [0.15, 0.2) is 42.5 Å². The van der Waals surface area contributed by atoms with Gasteiger partial charge in [0, 0.05) is 23.4 Å². The van der Waals surface area contributed by atoms with Crippen molar-refractivity contribution in [2.45, 2.75) is 6.42 Å². The van der Waals surface area contributed by atoms with Crippen LogP contribution in [0.1, 0.15) is 5.82 Å². The standard InChI is InChI=1S/C16H14Cl2N2O/c1-21-13-4-2-3-12(10-13)20-15-6-5-11(18)9-14(15)19-16(20)7-8-17/h2-6,9-10H,7-8H2,1H3. The van der Waals surface area contributed by atoms with Crippen molar-refractivity contribution in [2.24, 2.45) is 0 Å². The average Bonchev–Trinajstić information content (AvgIpc) is 2.84. The van der Waals surface area contributed by atoms with Crippen LogP contribution in [0, 0.1) is 0 Å². The summed E-state index contributed by atoms with van der Waals surface area (Å²) in [6.45, 7) is 0. The Kier molecular flexibility index (Phi) is 4.04. The van der Waals surface area contributed by atoms with Gasteiger partial charge in [-0.2, -0.15) is 0 Å². The molecule has 0 bridgehead atoms. The number of nitrogens with zero attached hydrogens (tertiary/aromatic N) is 2. The molecule has 108 valence electrons. The molecule has 0 spiro atoms. The van der Waals surface area contributed by atoms with Gasteiger partial charge in [-0.15, -0.1) is 11.6 Å². The van der Waals surface area contributed by atoms with Gasteiger partial charge < -0.3 is 4.74 Å². The Bertz CT molecular complexity index is 783. The number of imidazole rings is 1. The Morgan fingerprint density at radius 2 is 2.05 bits per heavy atom. The molecule has 0 saturated heterocycles. The number of benzene rings is 2. The van der Waals surface area contributed by atoms with Crippen LogP contribution >= 0.6 is 23.2 Å². The molecule has 3 rings (SSSR count). The molecule has 0 amide bonds. The van der Waals surface area contributed by atoms with Crippen LogP contribution in [-0.2, 0) is 6.42 Å². The molecule has 0 aliphatic heterocycles. The molecule has 1 aromatic heterocycles. The highest BCUT2D eigenvalue weighted by atomic mass is 35.5. The van der Waals surface area contributed by atoms with Crippen LogP contribution in [0.5, 0.6) is 5.75 Å². The average molecular weight is 321 g/mol. The van der Waals surface area contributed by atoms with Gasteiger partial charge in [0.1, 0.15) is 11.6 Å². The van der Waals surface area contributed by atoms with Gasteiger partial charge in [-0.05, 0) is 30.3 Å². The van der Waals surface area contributed by atoms with Crippen molar-refractivity contribution >= 4 is 34.2 Å². The van der Waals surface area contributed by atoms with E-state index in [1.165, 1.54) is 0 Å². The third-order valence-electron chi connectivity index (χ3n) is 3.32. The molecule has 21 heavy (non-hydrogen) atoms. The molecule has 0 radical (unpaired) electrons. The van der Waals surface area contributed by atoms with Crippen LogP contribution in [0.2, 0.25) is 5.02 Å². The van der Waals surface area contributed by atoms with Gasteiger partial charge in [-0.25, -0.2) is 4.98 Å². The molecule has 0 fully saturated rings. The van der Waals surface area contributed by atoms with E-state index in [0.717, 1.165) is 28.3 Å². The molecule has 1 heterocycles. The van der Waals surface area contributed by atoms with E-state index in [2.05, 4.69) is 9.55 Å². The molecule has 0 saturated carbocycles. The normalized spacial score (nSPS) is 11.0. The van der Waals surface area contributed by atoms with E-state index in [1.807, 2.05) is 42.5 Å². The quantitative estimate of drug-likeness (QED) is 0.663. The van der Waals surface area contributed by atoms with Crippen molar-refractivity contribution in [3.8, 4) is 11.4 Å². The SMILES string of the molecule is COc1cccc(-n2c(CCCl)nc3cc(Cl)ccc32)c1. The second-order valence-electron chi connectivity index (χ2n) is 4.64. The maximum atomic E-state index is 6.06. The summed E-state index contributed by atoms with van der Waals surface area (Å²) < 4.78 is 7.40. The lowest BCUT2D eigenvalue weighted by molar-refractivity contribution is 0.414. The summed E-state index contributed by atoms with van der Waals surface area (Å²) in [6, 6.07) is 13.6. The fraction of sp³-hybridized carbons (Fsp3) is 0.188. The zero-order valence-electron chi connectivity index (χ0n) is 11.5. The number of hydrogen-bond acceptors (Lipinski definition) is 2. The first-order chi connectivity index (χ1) is 10.2. The Labute approximate surface area is 133 Å². The highest BCUT2D eigenvalue weighted by Gasteiger charge is 2.13. The van der Waals surface area contributed by atoms with Crippen molar-refractivity contribution in [2.75, 3.05) is 13.0 Å². The number of ether oxygens (including phenoxy) is 1. The van der Waals surface area contributed by atoms with Crippen LogP contribution in [-0.4, -0.2) is 22.5 Å². The lowest BCUT2D eigenvalue weighted by Gasteiger charge is -2.10. The van der Waals surface area contributed by atoms with E-state index < -0.39 is 0 Å². The minimum atomic E-state index is 0.515. The first-order valence-electron chi connectivity index (χ1n) is 6.60. The zero-order chi connectivity index (χ0) is 14.8. The summed E-state index contributed by atoms with van der Waals surface area (Å²) in [5.74, 6) is 2.23. The van der Waals surface area contributed by atoms with E-state index in [9.17, 15) is 0 Å². The molecular weight excluding hydrogens is 307 g/mol. The van der Waals surface area contributed by atoms with Crippen LogP contribution in [0.25, 0.3) is 16.7 Å². The summed E-state index contributed by atoms with van der Waals surface area (Å²) >= 11 is 12.0. The monoisotopic (exact) mass is 320 g/mol. The largest absolute Gasteiger partial charge is 0.497 e. The molecule has 5 heteroatoms. The van der Waals surface area contributed by atoms with E-state index in [1.54, 1.807) is 7.11 Å². The first-order valence-corrected chi connectivity index (χ1v) is 7.51. The smallest absolute Gasteiger partial charge is 0.120 e. The number of halogens is 2. The number of aromatic nitrogens is 2. The topological polar surface area (TPSA) is 27.1 Å². The third kappa shape index (κ3) is 2.71. The van der Waals surface area contributed by atoms with Crippen molar-refractivity contribution in [1.29, 1.82) is 0 Å². The van der Waals surface area contributed by atoms with Crippen molar-refractivity contribution in [3.63, 3.8) is 0 Å². The summed E-state index contributed by atoms with van der Waals surface area (Å²) in [7, 11) is 1.66. The lowest BCUT2D eigenvalue weighted by atomic mass is 10.2. The number of fused-ring (bicyclic) bond motifs is 1. The molecule has 0 aliphatic carbocycles. The predicted octanol–water partition coefficient (Wildman–Crippen LogP) is 4.47. The van der Waals surface area contributed by atoms with Crippen LogP contribution in [0.3, 0.4) is 0 Å².